The second kappa shape index (κ2) is 6.17. The summed E-state index contributed by atoms with van der Waals surface area (Å²) in [6.45, 7) is 0. The van der Waals surface area contributed by atoms with Gasteiger partial charge >= 0.3 is 6.01 Å². The number of carbonyl (C=O) groups is 1. The maximum Gasteiger partial charge on any atom is 0.301 e. The van der Waals surface area contributed by atoms with Crippen molar-refractivity contribution in [2.45, 2.75) is 56.9 Å². The summed E-state index contributed by atoms with van der Waals surface area (Å²) in [6, 6.07) is 0.436. The average Bonchev–Trinajstić information content (AvgIpc) is 2.91. The number of hydrogen-bond donors (Lipinski definition) is 2. The van der Waals surface area contributed by atoms with Crippen LogP contribution in [0.15, 0.2) is 10.6 Å². The summed E-state index contributed by atoms with van der Waals surface area (Å²) < 4.78 is 5.68. The van der Waals surface area contributed by atoms with Gasteiger partial charge in [0.1, 0.15) is 5.76 Å². The van der Waals surface area contributed by atoms with Gasteiger partial charge in [0.05, 0.1) is 6.20 Å². The molecule has 0 atom stereocenters. The van der Waals surface area contributed by atoms with Crippen LogP contribution < -0.4 is 10.6 Å². The highest BCUT2D eigenvalue weighted by molar-refractivity contribution is 5.91. The lowest BCUT2D eigenvalue weighted by atomic mass is 9.80. The van der Waals surface area contributed by atoms with Gasteiger partial charge in [0.15, 0.2) is 6.19 Å². The largest absolute Gasteiger partial charge is 0.428 e. The molecule has 2 N–H and O–H groups in total. The molecule has 21 heavy (non-hydrogen) atoms. The lowest BCUT2D eigenvalue weighted by Gasteiger charge is -2.32. The molecule has 1 aromatic heterocycles. The predicted molar refractivity (Wildman–Crippen MR) is 76.2 cm³/mol. The number of anilines is 1. The van der Waals surface area contributed by atoms with Crippen molar-refractivity contribution in [3.63, 3.8) is 0 Å². The summed E-state index contributed by atoms with van der Waals surface area (Å²) in [7, 11) is 0. The molecule has 2 aliphatic carbocycles. The number of nitriles is 1. The minimum Gasteiger partial charge on any atom is -0.428 e. The summed E-state index contributed by atoms with van der Waals surface area (Å²) in [5.74, 6) is 1.22. The zero-order chi connectivity index (χ0) is 14.7. The molecule has 0 unspecified atom stereocenters. The molecule has 0 saturated heterocycles. The number of nitrogens with one attached hydrogen (secondary N) is 2. The fourth-order valence-electron chi connectivity index (χ4n) is 3.17. The minimum absolute atomic E-state index is 0.0547. The summed E-state index contributed by atoms with van der Waals surface area (Å²) in [4.78, 5) is 16.2. The molecule has 3 rings (SSSR count). The molecule has 6 heteroatoms. The minimum atomic E-state index is -0.0666. The number of aromatic nitrogens is 1. The standard InChI is InChI=1S/C15H20N4O2/c16-9-18-12-6-11(7-12)14(20)19-15-17-8-13(21-15)10-4-2-1-3-5-10/h8,10-12,18H,1-7H2,(H,17,19,20). The van der Waals surface area contributed by atoms with Crippen LogP contribution in [0.2, 0.25) is 0 Å². The first-order chi connectivity index (χ1) is 10.3. The van der Waals surface area contributed by atoms with Crippen molar-refractivity contribution >= 4 is 11.9 Å². The van der Waals surface area contributed by atoms with Crippen LogP contribution in [0, 0.1) is 17.4 Å². The molecule has 2 fully saturated rings. The normalized spacial score (nSPS) is 25.7. The van der Waals surface area contributed by atoms with E-state index in [2.05, 4.69) is 15.6 Å². The van der Waals surface area contributed by atoms with Crippen molar-refractivity contribution in [1.82, 2.24) is 10.3 Å². The molecule has 0 spiro atoms. The van der Waals surface area contributed by atoms with E-state index in [4.69, 9.17) is 9.68 Å². The first kappa shape index (κ1) is 13.9. The fraction of sp³-hybridized carbons (Fsp3) is 0.667. The SMILES string of the molecule is N#CNC1CC(C(=O)Nc2ncc(C3CCCCC3)o2)C1. The Labute approximate surface area is 123 Å². The Morgan fingerprint density at radius 1 is 1.33 bits per heavy atom. The lowest BCUT2D eigenvalue weighted by Crippen LogP contribution is -2.44. The highest BCUT2D eigenvalue weighted by Crippen LogP contribution is 2.34. The number of oxazole rings is 1. The topological polar surface area (TPSA) is 91.0 Å². The average molecular weight is 288 g/mol. The smallest absolute Gasteiger partial charge is 0.301 e. The van der Waals surface area contributed by atoms with Crippen molar-refractivity contribution in [3.8, 4) is 6.19 Å². The molecular formula is C15H20N4O2. The van der Waals surface area contributed by atoms with Gasteiger partial charge in [-0.15, -0.1) is 0 Å². The molecule has 1 heterocycles. The van der Waals surface area contributed by atoms with Crippen LogP contribution in [-0.4, -0.2) is 16.9 Å². The maximum absolute atomic E-state index is 12.0. The summed E-state index contributed by atoms with van der Waals surface area (Å²) in [5.41, 5.74) is 0. The number of amides is 1. The van der Waals surface area contributed by atoms with Crippen LogP contribution in [0.4, 0.5) is 6.01 Å². The van der Waals surface area contributed by atoms with Crippen molar-refractivity contribution < 1.29 is 9.21 Å². The predicted octanol–water partition coefficient (Wildman–Crippen LogP) is 2.51. The zero-order valence-electron chi connectivity index (χ0n) is 12.0. The van der Waals surface area contributed by atoms with Gasteiger partial charge in [-0.3, -0.25) is 10.1 Å². The second-order valence-corrected chi connectivity index (χ2v) is 6.01. The summed E-state index contributed by atoms with van der Waals surface area (Å²) >= 11 is 0. The van der Waals surface area contributed by atoms with E-state index >= 15 is 0 Å². The van der Waals surface area contributed by atoms with Gasteiger partial charge in [0, 0.05) is 17.9 Å². The van der Waals surface area contributed by atoms with E-state index < -0.39 is 0 Å². The lowest BCUT2D eigenvalue weighted by molar-refractivity contribution is -0.122. The van der Waals surface area contributed by atoms with Gasteiger partial charge in [-0.05, 0) is 25.7 Å². The Hall–Kier alpha value is -2.03. The Morgan fingerprint density at radius 2 is 2.10 bits per heavy atom. The quantitative estimate of drug-likeness (QED) is 0.656. The third-order valence-electron chi connectivity index (χ3n) is 4.54. The van der Waals surface area contributed by atoms with Crippen LogP contribution in [0.3, 0.4) is 0 Å². The van der Waals surface area contributed by atoms with E-state index in [0.29, 0.717) is 24.8 Å². The highest BCUT2D eigenvalue weighted by Gasteiger charge is 2.35. The van der Waals surface area contributed by atoms with Gasteiger partial charge in [-0.2, -0.15) is 5.26 Å². The summed E-state index contributed by atoms with van der Waals surface area (Å²) in [5, 5.41) is 13.9. The third-order valence-corrected chi connectivity index (χ3v) is 4.54. The Kier molecular flexibility index (Phi) is 4.09. The van der Waals surface area contributed by atoms with Crippen molar-refractivity contribution in [1.29, 1.82) is 5.26 Å². The number of rotatable bonds is 4. The molecule has 0 bridgehead atoms. The zero-order valence-corrected chi connectivity index (χ0v) is 12.0. The van der Waals surface area contributed by atoms with Gasteiger partial charge in [0.25, 0.3) is 0 Å². The van der Waals surface area contributed by atoms with Crippen LogP contribution in [0.5, 0.6) is 0 Å². The van der Waals surface area contributed by atoms with Crippen LogP contribution in [0.1, 0.15) is 56.6 Å². The second-order valence-electron chi connectivity index (χ2n) is 6.01. The molecule has 0 aromatic carbocycles. The third kappa shape index (κ3) is 3.18. The van der Waals surface area contributed by atoms with Crippen LogP contribution in [-0.2, 0) is 4.79 Å². The van der Waals surface area contributed by atoms with E-state index in [1.165, 1.54) is 19.3 Å². The first-order valence-corrected chi connectivity index (χ1v) is 7.67. The fourth-order valence-corrected chi connectivity index (χ4v) is 3.17. The molecule has 112 valence electrons. The molecule has 1 amide bonds. The van der Waals surface area contributed by atoms with E-state index in [-0.39, 0.29) is 17.9 Å². The monoisotopic (exact) mass is 288 g/mol. The molecule has 2 saturated carbocycles. The molecule has 0 aliphatic heterocycles. The van der Waals surface area contributed by atoms with E-state index in [9.17, 15) is 4.79 Å². The molecule has 0 radical (unpaired) electrons. The van der Waals surface area contributed by atoms with Gasteiger partial charge < -0.3 is 9.73 Å². The first-order valence-electron chi connectivity index (χ1n) is 7.67. The Morgan fingerprint density at radius 3 is 2.81 bits per heavy atom. The van der Waals surface area contributed by atoms with Gasteiger partial charge in [0.2, 0.25) is 5.91 Å². The van der Waals surface area contributed by atoms with Crippen molar-refractivity contribution in [3.05, 3.63) is 12.0 Å². The van der Waals surface area contributed by atoms with Gasteiger partial charge in [-0.25, -0.2) is 4.98 Å². The van der Waals surface area contributed by atoms with Crippen LogP contribution in [0.25, 0.3) is 0 Å². The maximum atomic E-state index is 12.0. The van der Waals surface area contributed by atoms with Crippen LogP contribution >= 0.6 is 0 Å². The molecular weight excluding hydrogens is 268 g/mol. The number of carbonyl (C=O) groups excluding carboxylic acids is 1. The van der Waals surface area contributed by atoms with E-state index in [1.807, 2.05) is 6.19 Å². The number of hydrogen-bond acceptors (Lipinski definition) is 5. The number of nitrogens with zero attached hydrogens (tertiary/aromatic N) is 2. The summed E-state index contributed by atoms with van der Waals surface area (Å²) in [6.07, 6.45) is 11.1. The molecule has 2 aliphatic rings. The molecule has 1 aromatic rings. The Balaban J connectivity index is 1.50. The van der Waals surface area contributed by atoms with Gasteiger partial charge in [-0.1, -0.05) is 19.3 Å². The molecule has 6 nitrogen and oxygen atoms in total. The van der Waals surface area contributed by atoms with Crippen molar-refractivity contribution in [2.24, 2.45) is 5.92 Å². The van der Waals surface area contributed by atoms with E-state index in [0.717, 1.165) is 18.6 Å². The van der Waals surface area contributed by atoms with E-state index in [1.54, 1.807) is 6.20 Å². The Bertz CT molecular complexity index is 536. The highest BCUT2D eigenvalue weighted by atomic mass is 16.4. The van der Waals surface area contributed by atoms with Crippen molar-refractivity contribution in [2.75, 3.05) is 5.32 Å².